The highest BCUT2D eigenvalue weighted by molar-refractivity contribution is 7.89. The second kappa shape index (κ2) is 8.14. The van der Waals surface area contributed by atoms with Crippen molar-refractivity contribution in [1.82, 2.24) is 4.31 Å². The van der Waals surface area contributed by atoms with E-state index in [1.807, 2.05) is 0 Å². The summed E-state index contributed by atoms with van der Waals surface area (Å²) in [6, 6.07) is 7.91. The number of ether oxygens (including phenoxy) is 1. The van der Waals surface area contributed by atoms with Gasteiger partial charge in [-0.2, -0.15) is 9.57 Å². The second-order valence-corrected chi connectivity index (χ2v) is 7.85. The Labute approximate surface area is 147 Å². The molecule has 0 amide bonds. The molecular weight excluding hydrogens is 342 g/mol. The van der Waals surface area contributed by atoms with Crippen LogP contribution >= 0.6 is 0 Å². The molecule has 0 radical (unpaired) electrons. The average Bonchev–Trinajstić information content (AvgIpc) is 2.62. The molecule has 1 aliphatic heterocycles. The van der Waals surface area contributed by atoms with Crippen molar-refractivity contribution in [3.63, 3.8) is 0 Å². The normalized spacial score (nSPS) is 16.9. The van der Waals surface area contributed by atoms with Gasteiger partial charge in [0.25, 0.3) is 0 Å². The first-order valence-electron chi connectivity index (χ1n) is 7.94. The third-order valence-electron chi connectivity index (χ3n) is 4.14. The summed E-state index contributed by atoms with van der Waals surface area (Å²) in [5, 5.41) is 11.7. The van der Waals surface area contributed by atoms with E-state index in [-0.39, 0.29) is 10.5 Å². The highest BCUT2D eigenvalue weighted by atomic mass is 32.2. The Bertz CT molecular complexity index is 786. The van der Waals surface area contributed by atoms with Crippen LogP contribution in [0.4, 0.5) is 5.69 Å². The number of hydrogen-bond acceptors (Lipinski definition) is 6. The van der Waals surface area contributed by atoms with E-state index in [9.17, 15) is 13.2 Å². The minimum atomic E-state index is -3.49. The number of nitrogens with one attached hydrogen (secondary N) is 1. The quantitative estimate of drug-likeness (QED) is 0.488. The number of benzene rings is 1. The molecule has 1 aliphatic rings. The first-order chi connectivity index (χ1) is 11.9. The summed E-state index contributed by atoms with van der Waals surface area (Å²) >= 11 is 0. The highest BCUT2D eigenvalue weighted by Gasteiger charge is 2.27. The average molecular weight is 363 g/mol. The zero-order valence-electron chi connectivity index (χ0n) is 14.2. The maximum atomic E-state index is 12.6. The monoisotopic (exact) mass is 363 g/mol. The molecule has 2 rings (SSSR count). The molecule has 1 aromatic carbocycles. The number of methoxy groups -OCH3 is 1. The summed E-state index contributed by atoms with van der Waals surface area (Å²) in [7, 11) is -2.30. The van der Waals surface area contributed by atoms with Gasteiger partial charge in [0.2, 0.25) is 10.0 Å². The van der Waals surface area contributed by atoms with Crippen molar-refractivity contribution >= 4 is 21.7 Å². The van der Waals surface area contributed by atoms with Crippen molar-refractivity contribution in [3.8, 4) is 6.07 Å². The van der Waals surface area contributed by atoms with Crippen molar-refractivity contribution in [2.75, 3.05) is 25.5 Å². The first kappa shape index (κ1) is 19.0. The predicted octanol–water partition coefficient (Wildman–Crippen LogP) is 2.10. The third kappa shape index (κ3) is 4.59. The summed E-state index contributed by atoms with van der Waals surface area (Å²) < 4.78 is 31.3. The van der Waals surface area contributed by atoms with Gasteiger partial charge in [-0.25, -0.2) is 13.2 Å². The fraction of sp³-hybridized carbons (Fsp3) is 0.412. The molecule has 8 heteroatoms. The van der Waals surface area contributed by atoms with Crippen LogP contribution in [-0.4, -0.2) is 38.9 Å². The van der Waals surface area contributed by atoms with E-state index in [4.69, 9.17) is 5.26 Å². The summed E-state index contributed by atoms with van der Waals surface area (Å²) in [6.45, 7) is 3.20. The number of rotatable bonds is 5. The van der Waals surface area contributed by atoms with Crippen LogP contribution < -0.4 is 5.32 Å². The van der Waals surface area contributed by atoms with Crippen LogP contribution in [0.1, 0.15) is 19.8 Å². The Morgan fingerprint density at radius 2 is 1.92 bits per heavy atom. The lowest BCUT2D eigenvalue weighted by Gasteiger charge is -2.29. The van der Waals surface area contributed by atoms with E-state index in [0.717, 1.165) is 12.8 Å². The van der Waals surface area contributed by atoms with Crippen LogP contribution in [0, 0.1) is 17.2 Å². The van der Waals surface area contributed by atoms with Gasteiger partial charge in [-0.05, 0) is 43.0 Å². The zero-order chi connectivity index (χ0) is 18.4. The van der Waals surface area contributed by atoms with Crippen LogP contribution in [0.3, 0.4) is 0 Å². The Kier molecular flexibility index (Phi) is 6.17. The molecule has 1 N–H and O–H groups in total. The Hall–Kier alpha value is -2.37. The van der Waals surface area contributed by atoms with Crippen LogP contribution in [0.5, 0.6) is 0 Å². The van der Waals surface area contributed by atoms with Crippen molar-refractivity contribution in [1.29, 1.82) is 5.26 Å². The minimum absolute atomic E-state index is 0.179. The molecule has 0 aromatic heterocycles. The van der Waals surface area contributed by atoms with Gasteiger partial charge in [0.1, 0.15) is 6.07 Å². The van der Waals surface area contributed by atoms with E-state index >= 15 is 0 Å². The number of esters is 1. The van der Waals surface area contributed by atoms with Crippen LogP contribution in [0.25, 0.3) is 0 Å². The molecule has 0 saturated carbocycles. The third-order valence-corrected chi connectivity index (χ3v) is 6.06. The zero-order valence-corrected chi connectivity index (χ0v) is 15.0. The molecule has 134 valence electrons. The summed E-state index contributed by atoms with van der Waals surface area (Å²) in [6.07, 6.45) is 2.96. The number of carbonyl (C=O) groups excluding carboxylic acids is 1. The van der Waals surface area contributed by atoms with E-state index < -0.39 is 16.0 Å². The van der Waals surface area contributed by atoms with Gasteiger partial charge in [0, 0.05) is 25.0 Å². The molecular formula is C17H21N3O4S. The summed E-state index contributed by atoms with van der Waals surface area (Å²) in [5.74, 6) is -0.192. The Morgan fingerprint density at radius 3 is 2.44 bits per heavy atom. The largest absolute Gasteiger partial charge is 0.465 e. The fourth-order valence-electron chi connectivity index (χ4n) is 2.50. The number of nitrogens with zero attached hydrogens (tertiary/aromatic N) is 2. The van der Waals surface area contributed by atoms with Crippen LogP contribution in [0.15, 0.2) is 40.9 Å². The van der Waals surface area contributed by atoms with Crippen molar-refractivity contribution < 1.29 is 17.9 Å². The number of anilines is 1. The molecule has 0 spiro atoms. The minimum Gasteiger partial charge on any atom is -0.465 e. The van der Waals surface area contributed by atoms with Gasteiger partial charge in [-0.3, -0.25) is 0 Å². The molecule has 25 heavy (non-hydrogen) atoms. The van der Waals surface area contributed by atoms with Crippen molar-refractivity contribution in [2.24, 2.45) is 5.92 Å². The second-order valence-electron chi connectivity index (χ2n) is 5.92. The molecule has 1 aromatic rings. The van der Waals surface area contributed by atoms with Gasteiger partial charge in [-0.15, -0.1) is 0 Å². The van der Waals surface area contributed by atoms with Gasteiger partial charge in [0.15, 0.2) is 5.57 Å². The molecule has 0 atom stereocenters. The Morgan fingerprint density at radius 1 is 1.32 bits per heavy atom. The first-order valence-corrected chi connectivity index (χ1v) is 9.38. The lowest BCUT2D eigenvalue weighted by molar-refractivity contribution is -0.135. The van der Waals surface area contributed by atoms with E-state index in [2.05, 4.69) is 17.0 Å². The number of piperidine rings is 1. The standard InChI is InChI=1S/C17H21N3O4S/c1-13-7-9-20(10-8-13)25(22,23)16-5-3-15(4-6-16)19-12-14(11-18)17(21)24-2/h3-6,12-13,19H,7-10H2,1-2H3/b14-12-. The lowest BCUT2D eigenvalue weighted by atomic mass is 10.0. The maximum absolute atomic E-state index is 12.6. The van der Waals surface area contributed by atoms with Crippen LogP contribution in [-0.2, 0) is 19.6 Å². The van der Waals surface area contributed by atoms with Crippen molar-refractivity contribution in [2.45, 2.75) is 24.7 Å². The molecule has 0 unspecified atom stereocenters. The van der Waals surface area contributed by atoms with Crippen LogP contribution in [0.2, 0.25) is 0 Å². The number of hydrogen-bond donors (Lipinski definition) is 1. The molecule has 0 bridgehead atoms. The van der Waals surface area contributed by atoms with E-state index in [1.54, 1.807) is 18.2 Å². The number of carbonyl (C=O) groups is 1. The molecule has 1 heterocycles. The SMILES string of the molecule is COC(=O)/C(C#N)=C\Nc1ccc(S(=O)(=O)N2CCC(C)CC2)cc1. The van der Waals surface area contributed by atoms with Gasteiger partial charge in [0.05, 0.1) is 12.0 Å². The summed E-state index contributed by atoms with van der Waals surface area (Å²) in [4.78, 5) is 11.5. The van der Waals surface area contributed by atoms with Gasteiger partial charge in [-0.1, -0.05) is 6.92 Å². The predicted molar refractivity (Wildman–Crippen MR) is 92.9 cm³/mol. The number of nitriles is 1. The summed E-state index contributed by atoms with van der Waals surface area (Å²) in [5.41, 5.74) is 0.379. The highest BCUT2D eigenvalue weighted by Crippen LogP contribution is 2.24. The smallest absolute Gasteiger partial charge is 0.350 e. The Balaban J connectivity index is 2.10. The topological polar surface area (TPSA) is 99.5 Å². The molecule has 7 nitrogen and oxygen atoms in total. The maximum Gasteiger partial charge on any atom is 0.350 e. The number of sulfonamides is 1. The van der Waals surface area contributed by atoms with Gasteiger partial charge < -0.3 is 10.1 Å². The molecule has 0 aliphatic carbocycles. The molecule has 1 fully saturated rings. The van der Waals surface area contributed by atoms with Gasteiger partial charge >= 0.3 is 5.97 Å². The van der Waals surface area contributed by atoms with E-state index in [0.29, 0.717) is 24.7 Å². The fourth-order valence-corrected chi connectivity index (χ4v) is 3.97. The molecule has 1 saturated heterocycles. The van der Waals surface area contributed by atoms with E-state index in [1.165, 1.54) is 29.7 Å². The lowest BCUT2D eigenvalue weighted by Crippen LogP contribution is -2.37. The van der Waals surface area contributed by atoms with Crippen molar-refractivity contribution in [3.05, 3.63) is 36.0 Å².